The molecule has 0 spiro atoms. The van der Waals surface area contributed by atoms with E-state index in [1.807, 2.05) is 23.1 Å². The summed E-state index contributed by atoms with van der Waals surface area (Å²) in [4.78, 5) is 6.21. The van der Waals surface area contributed by atoms with Crippen LogP contribution >= 0.6 is 23.1 Å². The Bertz CT molecular complexity index is 408. The smallest absolute Gasteiger partial charge is 0.157 e. The lowest BCUT2D eigenvalue weighted by molar-refractivity contribution is 0.318. The molecule has 1 N–H and O–H groups in total. The molecule has 4 heteroatoms. The maximum absolute atomic E-state index is 4.80. The second-order valence-electron chi connectivity index (χ2n) is 5.24. The standard InChI is InChI=1S/C15H24N2S2/c1-4-12(13-8-7-9-18-13)17-14-16-10-15(5-2,6-3)11-19-14/h7-9,12H,4-6,10-11H2,1-3H3,(H,16,17). The highest BCUT2D eigenvalue weighted by molar-refractivity contribution is 8.13. The fraction of sp³-hybridized carbons (Fsp3) is 0.667. The SMILES string of the molecule is CCC(NC1=NCC(CC)(CC)CS1)c1cccs1. The zero-order chi connectivity index (χ0) is 13.7. The Morgan fingerprint density at radius 3 is 2.63 bits per heavy atom. The molecule has 2 nitrogen and oxygen atoms in total. The average Bonchev–Trinajstić information content (AvgIpc) is 2.99. The van der Waals surface area contributed by atoms with Crippen molar-refractivity contribution < 1.29 is 0 Å². The number of aliphatic imine (C=N–C) groups is 1. The van der Waals surface area contributed by atoms with Gasteiger partial charge in [-0.25, -0.2) is 0 Å². The maximum atomic E-state index is 4.80. The van der Waals surface area contributed by atoms with Gasteiger partial charge in [0, 0.05) is 17.2 Å². The molecule has 19 heavy (non-hydrogen) atoms. The van der Waals surface area contributed by atoms with E-state index in [1.54, 1.807) is 0 Å². The lowest BCUT2D eigenvalue weighted by Crippen LogP contribution is -2.35. The molecular formula is C15H24N2S2. The van der Waals surface area contributed by atoms with Gasteiger partial charge in [0.2, 0.25) is 0 Å². The second kappa shape index (κ2) is 6.80. The lowest BCUT2D eigenvalue weighted by Gasteiger charge is -2.34. The molecule has 0 aliphatic carbocycles. The molecule has 2 rings (SSSR count). The van der Waals surface area contributed by atoms with Crippen molar-refractivity contribution in [2.45, 2.75) is 46.1 Å². The summed E-state index contributed by atoms with van der Waals surface area (Å²) in [6.07, 6.45) is 3.57. The Hall–Kier alpha value is -0.480. The zero-order valence-electron chi connectivity index (χ0n) is 12.1. The number of rotatable bonds is 5. The first-order valence-electron chi connectivity index (χ1n) is 7.20. The summed E-state index contributed by atoms with van der Waals surface area (Å²) in [7, 11) is 0. The summed E-state index contributed by atoms with van der Waals surface area (Å²) in [5.41, 5.74) is 0.431. The molecule has 1 aliphatic rings. The molecule has 1 aliphatic heterocycles. The number of thiophene rings is 1. The molecule has 0 saturated heterocycles. The molecule has 0 amide bonds. The van der Waals surface area contributed by atoms with Crippen LogP contribution in [0.4, 0.5) is 0 Å². The summed E-state index contributed by atoms with van der Waals surface area (Å²) in [6.45, 7) is 7.79. The highest BCUT2D eigenvalue weighted by atomic mass is 32.2. The van der Waals surface area contributed by atoms with Crippen molar-refractivity contribution >= 4 is 28.3 Å². The summed E-state index contributed by atoms with van der Waals surface area (Å²) < 4.78 is 0. The molecule has 0 aromatic carbocycles. The van der Waals surface area contributed by atoms with E-state index in [2.05, 4.69) is 43.6 Å². The topological polar surface area (TPSA) is 24.4 Å². The molecular weight excluding hydrogens is 272 g/mol. The third kappa shape index (κ3) is 3.54. The quantitative estimate of drug-likeness (QED) is 0.852. The minimum absolute atomic E-state index is 0.419. The molecule has 1 aromatic rings. The highest BCUT2D eigenvalue weighted by Gasteiger charge is 2.30. The molecule has 0 radical (unpaired) electrons. The van der Waals surface area contributed by atoms with Gasteiger partial charge in [-0.15, -0.1) is 11.3 Å². The van der Waals surface area contributed by atoms with Gasteiger partial charge < -0.3 is 5.32 Å². The second-order valence-corrected chi connectivity index (χ2v) is 7.18. The summed E-state index contributed by atoms with van der Waals surface area (Å²) >= 11 is 3.73. The lowest BCUT2D eigenvalue weighted by atomic mass is 9.84. The monoisotopic (exact) mass is 296 g/mol. The minimum Gasteiger partial charge on any atom is -0.357 e. The first kappa shape index (κ1) is 14.9. The van der Waals surface area contributed by atoms with Crippen molar-refractivity contribution in [1.29, 1.82) is 0 Å². The average molecular weight is 297 g/mol. The van der Waals surface area contributed by atoms with Gasteiger partial charge in [-0.1, -0.05) is 38.6 Å². The van der Waals surface area contributed by atoms with Crippen molar-refractivity contribution in [3.8, 4) is 0 Å². The Morgan fingerprint density at radius 1 is 1.37 bits per heavy atom. The molecule has 1 aromatic heterocycles. The predicted molar refractivity (Wildman–Crippen MR) is 88.3 cm³/mol. The third-order valence-electron chi connectivity index (χ3n) is 4.17. The van der Waals surface area contributed by atoms with Crippen LogP contribution in [0.1, 0.15) is 51.0 Å². The Labute approximate surface area is 125 Å². The van der Waals surface area contributed by atoms with E-state index >= 15 is 0 Å². The molecule has 106 valence electrons. The zero-order valence-corrected chi connectivity index (χ0v) is 13.7. The van der Waals surface area contributed by atoms with Crippen molar-refractivity contribution in [3.63, 3.8) is 0 Å². The number of thioether (sulfide) groups is 1. The van der Waals surface area contributed by atoms with Gasteiger partial charge in [-0.3, -0.25) is 4.99 Å². The number of nitrogens with one attached hydrogen (secondary N) is 1. The Balaban J connectivity index is 1.99. The molecule has 0 saturated carbocycles. The van der Waals surface area contributed by atoms with Crippen LogP contribution in [-0.2, 0) is 0 Å². The third-order valence-corrected chi connectivity index (χ3v) is 6.43. The number of amidine groups is 1. The van der Waals surface area contributed by atoms with Gasteiger partial charge in [0.25, 0.3) is 0 Å². The number of hydrogen-bond acceptors (Lipinski definition) is 4. The van der Waals surface area contributed by atoms with Gasteiger partial charge in [0.05, 0.1) is 6.04 Å². The molecule has 0 bridgehead atoms. The summed E-state index contributed by atoms with van der Waals surface area (Å²) in [5, 5.41) is 6.90. The van der Waals surface area contributed by atoms with Crippen LogP contribution in [0.15, 0.2) is 22.5 Å². The van der Waals surface area contributed by atoms with Crippen LogP contribution in [0.25, 0.3) is 0 Å². The van der Waals surface area contributed by atoms with E-state index in [0.717, 1.165) is 18.1 Å². The van der Waals surface area contributed by atoms with Crippen LogP contribution in [0.3, 0.4) is 0 Å². The minimum atomic E-state index is 0.419. The van der Waals surface area contributed by atoms with Crippen LogP contribution in [0, 0.1) is 5.41 Å². The van der Waals surface area contributed by atoms with Crippen LogP contribution in [0.5, 0.6) is 0 Å². The normalized spacial score (nSPS) is 19.8. The van der Waals surface area contributed by atoms with Crippen LogP contribution in [0.2, 0.25) is 0 Å². The summed E-state index contributed by atoms with van der Waals surface area (Å²) in [6, 6.07) is 4.75. The van der Waals surface area contributed by atoms with Gasteiger partial charge in [-0.05, 0) is 36.1 Å². The van der Waals surface area contributed by atoms with Crippen molar-refractivity contribution in [1.82, 2.24) is 5.32 Å². The largest absolute Gasteiger partial charge is 0.357 e. The molecule has 1 atom stereocenters. The Kier molecular flexibility index (Phi) is 5.34. The first-order chi connectivity index (χ1) is 9.23. The summed E-state index contributed by atoms with van der Waals surface area (Å²) in [5.74, 6) is 1.20. The van der Waals surface area contributed by atoms with E-state index in [-0.39, 0.29) is 0 Å². The fourth-order valence-electron chi connectivity index (χ4n) is 2.33. The molecule has 1 unspecified atom stereocenters. The molecule has 2 heterocycles. The number of nitrogens with zero attached hydrogens (tertiary/aromatic N) is 1. The Morgan fingerprint density at radius 2 is 2.16 bits per heavy atom. The fourth-order valence-corrected chi connectivity index (χ4v) is 4.52. The van der Waals surface area contributed by atoms with E-state index in [1.165, 1.54) is 23.5 Å². The van der Waals surface area contributed by atoms with Crippen molar-refractivity contribution in [3.05, 3.63) is 22.4 Å². The van der Waals surface area contributed by atoms with Gasteiger partial charge >= 0.3 is 0 Å². The van der Waals surface area contributed by atoms with Crippen LogP contribution in [-0.4, -0.2) is 17.5 Å². The van der Waals surface area contributed by atoms with E-state index < -0.39 is 0 Å². The van der Waals surface area contributed by atoms with Crippen LogP contribution < -0.4 is 5.32 Å². The maximum Gasteiger partial charge on any atom is 0.157 e. The highest BCUT2D eigenvalue weighted by Crippen LogP contribution is 2.35. The van der Waals surface area contributed by atoms with Crippen molar-refractivity contribution in [2.24, 2.45) is 10.4 Å². The predicted octanol–water partition coefficient (Wildman–Crippen LogP) is 4.70. The van der Waals surface area contributed by atoms with E-state index in [0.29, 0.717) is 11.5 Å². The number of hydrogen-bond donors (Lipinski definition) is 1. The first-order valence-corrected chi connectivity index (χ1v) is 9.06. The van der Waals surface area contributed by atoms with E-state index in [9.17, 15) is 0 Å². The van der Waals surface area contributed by atoms with Gasteiger partial charge in [-0.2, -0.15) is 0 Å². The van der Waals surface area contributed by atoms with E-state index in [4.69, 9.17) is 4.99 Å². The van der Waals surface area contributed by atoms with Gasteiger partial charge in [0.1, 0.15) is 0 Å². The van der Waals surface area contributed by atoms with Gasteiger partial charge in [0.15, 0.2) is 5.17 Å². The molecule has 0 fully saturated rings. The van der Waals surface area contributed by atoms with Crippen molar-refractivity contribution in [2.75, 3.05) is 12.3 Å².